The van der Waals surface area contributed by atoms with E-state index in [0.717, 1.165) is 5.56 Å². The number of nitrogens with zero attached hydrogens (tertiary/aromatic N) is 2. The van der Waals surface area contributed by atoms with Crippen LogP contribution in [0.1, 0.15) is 31.0 Å². The Morgan fingerprint density at radius 1 is 1.29 bits per heavy atom. The van der Waals surface area contributed by atoms with Crippen LogP contribution in [0.2, 0.25) is 5.02 Å². The molecular formula is C23H19ClN2O4S. The number of rotatable bonds is 4. The van der Waals surface area contributed by atoms with E-state index in [0.29, 0.717) is 31.2 Å². The Morgan fingerprint density at radius 3 is 2.74 bits per heavy atom. The SMILES string of the molecule is CCOC(=O)C1=C(C)N=c2s/c(=C\c3cc(Cl)ccc3O)c(=O)n2[C@H]1c1ccccc1. The van der Waals surface area contributed by atoms with Crippen molar-refractivity contribution >= 4 is 35.0 Å². The maximum Gasteiger partial charge on any atom is 0.338 e. The molecule has 0 unspecified atom stereocenters. The number of hydrogen-bond donors (Lipinski definition) is 1. The maximum atomic E-state index is 13.4. The van der Waals surface area contributed by atoms with Crippen molar-refractivity contribution in [1.29, 1.82) is 0 Å². The van der Waals surface area contributed by atoms with E-state index in [1.807, 2.05) is 30.3 Å². The van der Waals surface area contributed by atoms with Crippen LogP contribution in [0.15, 0.2) is 69.6 Å². The van der Waals surface area contributed by atoms with Crippen LogP contribution in [0.25, 0.3) is 6.08 Å². The van der Waals surface area contributed by atoms with E-state index in [1.54, 1.807) is 32.1 Å². The number of aromatic hydroxyl groups is 1. The van der Waals surface area contributed by atoms with Gasteiger partial charge in [0.25, 0.3) is 5.56 Å². The first kappa shape index (κ1) is 21.1. The van der Waals surface area contributed by atoms with Crippen LogP contribution in [-0.2, 0) is 9.53 Å². The van der Waals surface area contributed by atoms with E-state index in [4.69, 9.17) is 16.3 Å². The fraction of sp³-hybridized carbons (Fsp3) is 0.174. The average Bonchev–Trinajstić information content (AvgIpc) is 3.05. The zero-order chi connectivity index (χ0) is 22.1. The number of carbonyl (C=O) groups is 1. The minimum Gasteiger partial charge on any atom is -0.507 e. The molecule has 0 bridgehead atoms. The third-order valence-corrected chi connectivity index (χ3v) is 6.13. The van der Waals surface area contributed by atoms with Gasteiger partial charge < -0.3 is 9.84 Å². The number of carbonyl (C=O) groups excluding carboxylic acids is 1. The van der Waals surface area contributed by atoms with Gasteiger partial charge in [0.1, 0.15) is 5.75 Å². The van der Waals surface area contributed by atoms with Crippen molar-refractivity contribution in [2.24, 2.45) is 4.99 Å². The van der Waals surface area contributed by atoms with Crippen LogP contribution < -0.4 is 14.9 Å². The first-order chi connectivity index (χ1) is 14.9. The number of thiazole rings is 1. The Kier molecular flexibility index (Phi) is 5.80. The average molecular weight is 455 g/mol. The lowest BCUT2D eigenvalue weighted by Gasteiger charge is -2.24. The molecule has 1 N–H and O–H groups in total. The fourth-order valence-electron chi connectivity index (χ4n) is 3.52. The van der Waals surface area contributed by atoms with Crippen LogP contribution >= 0.6 is 22.9 Å². The van der Waals surface area contributed by atoms with E-state index < -0.39 is 12.0 Å². The molecule has 1 atom stereocenters. The molecule has 3 aromatic rings. The second-order valence-corrected chi connectivity index (χ2v) is 8.36. The molecule has 0 spiro atoms. The molecule has 158 valence electrons. The topological polar surface area (TPSA) is 80.9 Å². The van der Waals surface area contributed by atoms with Gasteiger partial charge in [-0.3, -0.25) is 9.36 Å². The minimum atomic E-state index is -0.661. The molecule has 1 aromatic heterocycles. The van der Waals surface area contributed by atoms with Crippen LogP contribution in [0.5, 0.6) is 5.75 Å². The molecule has 0 aliphatic carbocycles. The summed E-state index contributed by atoms with van der Waals surface area (Å²) in [6.07, 6.45) is 1.58. The minimum absolute atomic E-state index is 0.0123. The van der Waals surface area contributed by atoms with Crippen molar-refractivity contribution in [1.82, 2.24) is 4.57 Å². The number of esters is 1. The lowest BCUT2D eigenvalue weighted by Crippen LogP contribution is -2.39. The highest BCUT2D eigenvalue weighted by Gasteiger charge is 2.33. The molecule has 4 rings (SSSR count). The Hall–Kier alpha value is -3.16. The summed E-state index contributed by atoms with van der Waals surface area (Å²) in [5.74, 6) is -0.488. The Morgan fingerprint density at radius 2 is 2.03 bits per heavy atom. The van der Waals surface area contributed by atoms with Gasteiger partial charge in [-0.25, -0.2) is 9.79 Å². The monoisotopic (exact) mass is 454 g/mol. The van der Waals surface area contributed by atoms with Gasteiger partial charge in [0.2, 0.25) is 0 Å². The van der Waals surface area contributed by atoms with E-state index >= 15 is 0 Å². The number of halogens is 1. The van der Waals surface area contributed by atoms with Crippen LogP contribution in [0.4, 0.5) is 0 Å². The molecule has 2 heterocycles. The Labute approximate surface area is 187 Å². The summed E-state index contributed by atoms with van der Waals surface area (Å²) in [6, 6.07) is 13.3. The quantitative estimate of drug-likeness (QED) is 0.614. The van der Waals surface area contributed by atoms with E-state index in [9.17, 15) is 14.7 Å². The Balaban J connectivity index is 1.97. The molecule has 1 aliphatic rings. The summed E-state index contributed by atoms with van der Waals surface area (Å²) in [7, 11) is 0. The molecule has 2 aromatic carbocycles. The number of phenols is 1. The zero-order valence-electron chi connectivity index (χ0n) is 16.8. The molecule has 1 aliphatic heterocycles. The van der Waals surface area contributed by atoms with E-state index in [2.05, 4.69) is 4.99 Å². The first-order valence-corrected chi connectivity index (χ1v) is 10.8. The van der Waals surface area contributed by atoms with Crippen molar-refractivity contribution in [3.63, 3.8) is 0 Å². The molecule has 6 nitrogen and oxygen atoms in total. The predicted octanol–water partition coefficient (Wildman–Crippen LogP) is 3.16. The highest BCUT2D eigenvalue weighted by atomic mass is 35.5. The van der Waals surface area contributed by atoms with Crippen molar-refractivity contribution in [3.8, 4) is 5.75 Å². The number of fused-ring (bicyclic) bond motifs is 1. The zero-order valence-corrected chi connectivity index (χ0v) is 18.4. The van der Waals surface area contributed by atoms with Gasteiger partial charge >= 0.3 is 5.97 Å². The number of allylic oxidation sites excluding steroid dienone is 1. The second-order valence-electron chi connectivity index (χ2n) is 6.92. The number of hydrogen-bond acceptors (Lipinski definition) is 6. The maximum absolute atomic E-state index is 13.4. The summed E-state index contributed by atoms with van der Waals surface area (Å²) in [4.78, 5) is 31.2. The van der Waals surface area contributed by atoms with Crippen molar-refractivity contribution in [2.75, 3.05) is 6.61 Å². The van der Waals surface area contributed by atoms with Crippen molar-refractivity contribution in [3.05, 3.63) is 95.6 Å². The summed E-state index contributed by atoms with van der Waals surface area (Å²) >= 11 is 7.23. The molecular weight excluding hydrogens is 436 g/mol. The van der Waals surface area contributed by atoms with E-state index in [1.165, 1.54) is 22.0 Å². The van der Waals surface area contributed by atoms with Gasteiger partial charge in [0, 0.05) is 10.6 Å². The van der Waals surface area contributed by atoms with Gasteiger partial charge in [-0.15, -0.1) is 0 Å². The molecule has 0 radical (unpaired) electrons. The van der Waals surface area contributed by atoms with Crippen molar-refractivity contribution in [2.45, 2.75) is 19.9 Å². The van der Waals surface area contributed by atoms with Gasteiger partial charge in [-0.2, -0.15) is 0 Å². The lowest BCUT2D eigenvalue weighted by molar-refractivity contribution is -0.139. The molecule has 0 fully saturated rings. The van der Waals surface area contributed by atoms with Gasteiger partial charge in [0.05, 0.1) is 28.5 Å². The van der Waals surface area contributed by atoms with E-state index in [-0.39, 0.29) is 17.9 Å². The van der Waals surface area contributed by atoms with Crippen LogP contribution in [0, 0.1) is 0 Å². The first-order valence-electron chi connectivity index (χ1n) is 9.64. The number of ether oxygens (including phenoxy) is 1. The summed E-state index contributed by atoms with van der Waals surface area (Å²) in [5, 5.41) is 10.6. The summed E-state index contributed by atoms with van der Waals surface area (Å²) in [6.45, 7) is 3.69. The standard InChI is InChI=1S/C23H19ClN2O4S/c1-3-30-22(29)19-13(2)25-23-26(20(19)14-7-5-4-6-8-14)21(28)18(31-23)12-15-11-16(24)9-10-17(15)27/h4-12,20,27H,3H2,1-2H3/b18-12-/t20-/m0/s1. The highest BCUT2D eigenvalue weighted by molar-refractivity contribution is 7.07. The third-order valence-electron chi connectivity index (χ3n) is 4.91. The second kappa shape index (κ2) is 8.53. The Bertz CT molecular complexity index is 1370. The summed E-state index contributed by atoms with van der Waals surface area (Å²) < 4.78 is 7.14. The molecule has 0 amide bonds. The lowest BCUT2D eigenvalue weighted by atomic mass is 9.96. The van der Waals surface area contributed by atoms with Gasteiger partial charge in [-0.1, -0.05) is 53.3 Å². The predicted molar refractivity (Wildman–Crippen MR) is 120 cm³/mol. The molecule has 0 saturated heterocycles. The smallest absolute Gasteiger partial charge is 0.338 e. The molecule has 0 saturated carbocycles. The largest absolute Gasteiger partial charge is 0.507 e. The number of benzene rings is 2. The number of aromatic nitrogens is 1. The molecule has 8 heteroatoms. The highest BCUT2D eigenvalue weighted by Crippen LogP contribution is 2.30. The molecule has 31 heavy (non-hydrogen) atoms. The van der Waals surface area contributed by atoms with Crippen LogP contribution in [-0.4, -0.2) is 22.2 Å². The number of phenolic OH excluding ortho intramolecular Hbond substituents is 1. The van der Waals surface area contributed by atoms with Gasteiger partial charge in [-0.05, 0) is 43.7 Å². The third kappa shape index (κ3) is 3.94. The van der Waals surface area contributed by atoms with Crippen LogP contribution in [0.3, 0.4) is 0 Å². The normalized spacial score (nSPS) is 16.1. The van der Waals surface area contributed by atoms with Gasteiger partial charge in [0.15, 0.2) is 4.80 Å². The summed E-state index contributed by atoms with van der Waals surface area (Å²) in [5.41, 5.74) is 1.73. The fourth-order valence-corrected chi connectivity index (χ4v) is 4.74. The van der Waals surface area contributed by atoms with Crippen molar-refractivity contribution < 1.29 is 14.6 Å².